The number of rotatable bonds is 3. The number of hydrogen-bond acceptors (Lipinski definition) is 3. The standard InChI is InChI=1S/C18H26N4O2/c23-17(15-6-2-1-3-7-15)21-10-12-22(13-11-21)18(24)20-14-16-8-4-5-9-19-16/h4-5,8-9,15H,1-3,6-7,10-14H2,(H,20,24). The molecule has 3 rings (SSSR count). The average molecular weight is 330 g/mol. The predicted octanol–water partition coefficient (Wildman–Crippen LogP) is 2.02. The summed E-state index contributed by atoms with van der Waals surface area (Å²) in [5.41, 5.74) is 0.844. The molecule has 1 aromatic rings. The quantitative estimate of drug-likeness (QED) is 0.922. The summed E-state index contributed by atoms with van der Waals surface area (Å²) in [6.45, 7) is 2.93. The second-order valence-corrected chi connectivity index (χ2v) is 6.63. The molecule has 6 heteroatoms. The van der Waals surface area contributed by atoms with Gasteiger partial charge in [-0.1, -0.05) is 25.3 Å². The largest absolute Gasteiger partial charge is 0.339 e. The third kappa shape index (κ3) is 4.24. The minimum Gasteiger partial charge on any atom is -0.339 e. The SMILES string of the molecule is O=C(NCc1ccccn1)N1CCN(C(=O)C2CCCCC2)CC1. The topological polar surface area (TPSA) is 65.5 Å². The molecule has 2 fully saturated rings. The maximum absolute atomic E-state index is 12.5. The molecular formula is C18H26N4O2. The third-order valence-corrected chi connectivity index (χ3v) is 4.98. The van der Waals surface area contributed by atoms with Crippen molar-refractivity contribution in [3.8, 4) is 0 Å². The summed E-state index contributed by atoms with van der Waals surface area (Å²) >= 11 is 0. The molecule has 1 aliphatic carbocycles. The average Bonchev–Trinajstić information content (AvgIpc) is 2.67. The zero-order valence-corrected chi connectivity index (χ0v) is 14.1. The van der Waals surface area contributed by atoms with Gasteiger partial charge in [0.2, 0.25) is 5.91 Å². The summed E-state index contributed by atoms with van der Waals surface area (Å²) in [7, 11) is 0. The number of nitrogens with zero attached hydrogens (tertiary/aromatic N) is 3. The highest BCUT2D eigenvalue weighted by atomic mass is 16.2. The van der Waals surface area contributed by atoms with Gasteiger partial charge in [0, 0.05) is 38.3 Å². The van der Waals surface area contributed by atoms with E-state index < -0.39 is 0 Å². The lowest BCUT2D eigenvalue weighted by Gasteiger charge is -2.37. The zero-order chi connectivity index (χ0) is 16.8. The second kappa shape index (κ2) is 8.13. The van der Waals surface area contributed by atoms with E-state index in [1.807, 2.05) is 23.1 Å². The van der Waals surface area contributed by atoms with Crippen LogP contribution in [0.4, 0.5) is 4.79 Å². The maximum atomic E-state index is 12.5. The van der Waals surface area contributed by atoms with Crippen molar-refractivity contribution < 1.29 is 9.59 Å². The molecule has 0 spiro atoms. The summed E-state index contributed by atoms with van der Waals surface area (Å²) in [5.74, 6) is 0.506. The van der Waals surface area contributed by atoms with Crippen molar-refractivity contribution in [1.82, 2.24) is 20.1 Å². The van der Waals surface area contributed by atoms with Crippen molar-refractivity contribution >= 4 is 11.9 Å². The number of urea groups is 1. The summed E-state index contributed by atoms with van der Waals surface area (Å²) in [6.07, 6.45) is 7.39. The van der Waals surface area contributed by atoms with Crippen LogP contribution < -0.4 is 5.32 Å². The van der Waals surface area contributed by atoms with Gasteiger partial charge in [0.1, 0.15) is 0 Å². The van der Waals surface area contributed by atoms with Crippen molar-refractivity contribution in [2.75, 3.05) is 26.2 Å². The number of hydrogen-bond donors (Lipinski definition) is 1. The van der Waals surface area contributed by atoms with E-state index in [1.165, 1.54) is 19.3 Å². The first-order valence-electron chi connectivity index (χ1n) is 8.95. The lowest BCUT2D eigenvalue weighted by molar-refractivity contribution is -0.138. The van der Waals surface area contributed by atoms with Crippen molar-refractivity contribution in [3.05, 3.63) is 30.1 Å². The van der Waals surface area contributed by atoms with Crippen LogP contribution in [0.5, 0.6) is 0 Å². The molecule has 0 atom stereocenters. The van der Waals surface area contributed by atoms with Gasteiger partial charge in [-0.15, -0.1) is 0 Å². The molecule has 130 valence electrons. The Morgan fingerprint density at radius 1 is 1.04 bits per heavy atom. The lowest BCUT2D eigenvalue weighted by atomic mass is 9.88. The minimum atomic E-state index is -0.0783. The van der Waals surface area contributed by atoms with Crippen LogP contribution in [0.2, 0.25) is 0 Å². The molecule has 1 N–H and O–H groups in total. The minimum absolute atomic E-state index is 0.0783. The first-order chi connectivity index (χ1) is 11.7. The van der Waals surface area contributed by atoms with Crippen LogP contribution in [0.15, 0.2) is 24.4 Å². The molecule has 0 unspecified atom stereocenters. The van der Waals surface area contributed by atoms with Crippen molar-refractivity contribution in [2.24, 2.45) is 5.92 Å². The normalized spacial score (nSPS) is 19.2. The van der Waals surface area contributed by atoms with Crippen molar-refractivity contribution in [1.29, 1.82) is 0 Å². The molecule has 24 heavy (non-hydrogen) atoms. The molecule has 6 nitrogen and oxygen atoms in total. The van der Waals surface area contributed by atoms with Crippen molar-refractivity contribution in [2.45, 2.75) is 38.6 Å². The van der Waals surface area contributed by atoms with E-state index in [1.54, 1.807) is 11.1 Å². The molecule has 1 aromatic heterocycles. The van der Waals surface area contributed by atoms with E-state index in [4.69, 9.17) is 0 Å². The van der Waals surface area contributed by atoms with E-state index in [2.05, 4.69) is 10.3 Å². The Labute approximate surface area is 143 Å². The molecular weight excluding hydrogens is 304 g/mol. The van der Waals surface area contributed by atoms with Gasteiger partial charge in [-0.3, -0.25) is 9.78 Å². The maximum Gasteiger partial charge on any atom is 0.317 e. The molecule has 1 aliphatic heterocycles. The Kier molecular flexibility index (Phi) is 5.67. The Balaban J connectivity index is 1.42. The summed E-state index contributed by atoms with van der Waals surface area (Å²) in [5, 5.41) is 2.90. The van der Waals surface area contributed by atoms with Gasteiger partial charge in [0.15, 0.2) is 0 Å². The second-order valence-electron chi connectivity index (χ2n) is 6.63. The Bertz CT molecular complexity index is 549. The fourth-order valence-electron chi connectivity index (χ4n) is 3.52. The van der Waals surface area contributed by atoms with Gasteiger partial charge in [0.05, 0.1) is 12.2 Å². The first kappa shape index (κ1) is 16.7. The van der Waals surface area contributed by atoms with Gasteiger partial charge < -0.3 is 15.1 Å². The van der Waals surface area contributed by atoms with Crippen molar-refractivity contribution in [3.63, 3.8) is 0 Å². The highest BCUT2D eigenvalue weighted by Crippen LogP contribution is 2.25. The summed E-state index contributed by atoms with van der Waals surface area (Å²) in [4.78, 5) is 32.7. The Hall–Kier alpha value is -2.11. The molecule has 2 aliphatic rings. The van der Waals surface area contributed by atoms with Crippen LogP contribution in [0, 0.1) is 5.92 Å². The number of nitrogens with one attached hydrogen (secondary N) is 1. The number of piperazine rings is 1. The Morgan fingerprint density at radius 3 is 2.42 bits per heavy atom. The molecule has 3 amide bonds. The van der Waals surface area contributed by atoms with E-state index in [0.29, 0.717) is 38.6 Å². The Morgan fingerprint density at radius 2 is 1.75 bits per heavy atom. The molecule has 0 bridgehead atoms. The summed E-state index contributed by atoms with van der Waals surface area (Å²) in [6, 6.07) is 5.57. The van der Waals surface area contributed by atoms with Crippen LogP contribution in [-0.2, 0) is 11.3 Å². The highest BCUT2D eigenvalue weighted by molar-refractivity contribution is 5.79. The molecule has 0 radical (unpaired) electrons. The van der Waals surface area contributed by atoms with E-state index in [0.717, 1.165) is 18.5 Å². The van der Waals surface area contributed by atoms with E-state index >= 15 is 0 Å². The highest BCUT2D eigenvalue weighted by Gasteiger charge is 2.29. The van der Waals surface area contributed by atoms with Gasteiger partial charge in [0.25, 0.3) is 0 Å². The number of carbonyl (C=O) groups excluding carboxylic acids is 2. The number of carbonyl (C=O) groups is 2. The monoisotopic (exact) mass is 330 g/mol. The van der Waals surface area contributed by atoms with Crippen LogP contribution in [-0.4, -0.2) is 52.9 Å². The molecule has 0 aromatic carbocycles. The fourth-order valence-corrected chi connectivity index (χ4v) is 3.52. The van der Waals surface area contributed by atoms with Crippen LogP contribution in [0.3, 0.4) is 0 Å². The number of pyridine rings is 1. The van der Waals surface area contributed by atoms with Gasteiger partial charge in [-0.05, 0) is 25.0 Å². The lowest BCUT2D eigenvalue weighted by Crippen LogP contribution is -2.54. The number of amides is 3. The van der Waals surface area contributed by atoms with Gasteiger partial charge in [-0.25, -0.2) is 4.79 Å². The smallest absolute Gasteiger partial charge is 0.317 e. The first-order valence-corrected chi connectivity index (χ1v) is 8.95. The van der Waals surface area contributed by atoms with E-state index in [-0.39, 0.29) is 11.9 Å². The van der Waals surface area contributed by atoms with E-state index in [9.17, 15) is 9.59 Å². The molecule has 1 saturated heterocycles. The van der Waals surface area contributed by atoms with Gasteiger partial charge >= 0.3 is 6.03 Å². The number of aromatic nitrogens is 1. The third-order valence-electron chi connectivity index (χ3n) is 4.98. The van der Waals surface area contributed by atoms with Crippen LogP contribution in [0.1, 0.15) is 37.8 Å². The molecule has 1 saturated carbocycles. The zero-order valence-electron chi connectivity index (χ0n) is 14.1. The summed E-state index contributed by atoms with van der Waals surface area (Å²) < 4.78 is 0. The predicted molar refractivity (Wildman–Crippen MR) is 91.2 cm³/mol. The fraction of sp³-hybridized carbons (Fsp3) is 0.611. The van der Waals surface area contributed by atoms with Gasteiger partial charge in [-0.2, -0.15) is 0 Å². The van der Waals surface area contributed by atoms with Crippen LogP contribution >= 0.6 is 0 Å². The van der Waals surface area contributed by atoms with Crippen LogP contribution in [0.25, 0.3) is 0 Å². The molecule has 2 heterocycles.